The van der Waals surface area contributed by atoms with Gasteiger partial charge in [0.25, 0.3) is 5.91 Å². The number of rotatable bonds is 5. The Balaban J connectivity index is 1.43. The van der Waals surface area contributed by atoms with Gasteiger partial charge >= 0.3 is 0 Å². The lowest BCUT2D eigenvalue weighted by Gasteiger charge is -2.36. The second-order valence-electron chi connectivity index (χ2n) is 6.32. The van der Waals surface area contributed by atoms with Gasteiger partial charge in [-0.3, -0.25) is 14.5 Å². The second kappa shape index (κ2) is 8.55. The molecular weight excluding hydrogens is 328 g/mol. The van der Waals surface area contributed by atoms with Gasteiger partial charge < -0.3 is 15.0 Å². The van der Waals surface area contributed by atoms with Crippen LogP contribution in [0.1, 0.15) is 23.3 Å². The van der Waals surface area contributed by atoms with E-state index in [0.717, 1.165) is 58.8 Å². The Morgan fingerprint density at radius 3 is 2.92 bits per heavy atom. The number of morpholine rings is 1. The van der Waals surface area contributed by atoms with Crippen molar-refractivity contribution in [1.82, 2.24) is 20.1 Å². The molecule has 0 radical (unpaired) electrons. The Morgan fingerprint density at radius 1 is 1.33 bits per heavy atom. The first-order valence-corrected chi connectivity index (χ1v) is 9.41. The molecule has 1 aromatic heterocycles. The van der Waals surface area contributed by atoms with Gasteiger partial charge in [-0.15, -0.1) is 11.3 Å². The first-order chi connectivity index (χ1) is 11.7. The molecule has 7 nitrogen and oxygen atoms in total. The first kappa shape index (κ1) is 17.3. The van der Waals surface area contributed by atoms with Gasteiger partial charge in [0, 0.05) is 38.1 Å². The van der Waals surface area contributed by atoms with E-state index in [2.05, 4.69) is 15.2 Å². The zero-order valence-electron chi connectivity index (χ0n) is 13.8. The minimum absolute atomic E-state index is 0.00902. The van der Waals surface area contributed by atoms with Crippen molar-refractivity contribution in [2.75, 3.05) is 52.5 Å². The van der Waals surface area contributed by atoms with Gasteiger partial charge in [-0.1, -0.05) is 0 Å². The lowest BCUT2D eigenvalue weighted by molar-refractivity contribution is -0.132. The minimum atomic E-state index is -0.286. The molecule has 2 fully saturated rings. The van der Waals surface area contributed by atoms with Gasteiger partial charge in [0.15, 0.2) is 0 Å². The summed E-state index contributed by atoms with van der Waals surface area (Å²) in [6.45, 7) is 6.20. The topological polar surface area (TPSA) is 74.8 Å². The molecule has 3 heterocycles. The fraction of sp³-hybridized carbons (Fsp3) is 0.688. The number of amides is 2. The van der Waals surface area contributed by atoms with Gasteiger partial charge in [-0.05, 0) is 18.8 Å². The zero-order chi connectivity index (χ0) is 16.8. The van der Waals surface area contributed by atoms with Crippen LogP contribution in [0.3, 0.4) is 0 Å². The van der Waals surface area contributed by atoms with E-state index in [0.29, 0.717) is 11.6 Å². The van der Waals surface area contributed by atoms with E-state index >= 15 is 0 Å². The summed E-state index contributed by atoms with van der Waals surface area (Å²) < 4.78 is 5.38. The molecule has 0 aromatic carbocycles. The monoisotopic (exact) mass is 352 g/mol. The number of hydrogen-bond acceptors (Lipinski definition) is 6. The van der Waals surface area contributed by atoms with Crippen molar-refractivity contribution in [1.29, 1.82) is 0 Å². The van der Waals surface area contributed by atoms with Crippen LogP contribution in [-0.4, -0.2) is 79.1 Å². The van der Waals surface area contributed by atoms with Crippen molar-refractivity contribution in [3.63, 3.8) is 0 Å². The largest absolute Gasteiger partial charge is 0.379 e. The molecular formula is C16H24N4O3S. The Kier molecular flexibility index (Phi) is 6.17. The van der Waals surface area contributed by atoms with Crippen LogP contribution < -0.4 is 5.32 Å². The molecule has 0 saturated carbocycles. The standard InChI is InChI=1S/C16H24N4O3S/c21-15(8-17-16(22)14-11-24-12-18-14)20-3-1-2-13(10-20)9-19-4-6-23-7-5-19/h11-13H,1-10H2,(H,17,22)/t13-/m1/s1. The molecule has 0 spiro atoms. The van der Waals surface area contributed by atoms with Crippen molar-refractivity contribution in [3.8, 4) is 0 Å². The van der Waals surface area contributed by atoms with Crippen LogP contribution in [0.25, 0.3) is 0 Å². The summed E-state index contributed by atoms with van der Waals surface area (Å²) >= 11 is 1.37. The highest BCUT2D eigenvalue weighted by molar-refractivity contribution is 7.07. The van der Waals surface area contributed by atoms with Crippen LogP contribution in [0, 0.1) is 5.92 Å². The van der Waals surface area contributed by atoms with Crippen molar-refractivity contribution in [2.24, 2.45) is 5.92 Å². The van der Waals surface area contributed by atoms with E-state index < -0.39 is 0 Å². The maximum atomic E-state index is 12.4. The SMILES string of the molecule is O=C(NCC(=O)N1CCC[C@H](CN2CCOCC2)C1)c1cscn1. The summed E-state index contributed by atoms with van der Waals surface area (Å²) in [6, 6.07) is 0. The van der Waals surface area contributed by atoms with Crippen LogP contribution in [0.4, 0.5) is 0 Å². The highest BCUT2D eigenvalue weighted by Gasteiger charge is 2.26. The number of carbonyl (C=O) groups is 2. The number of piperidine rings is 1. The molecule has 0 aliphatic carbocycles. The Morgan fingerprint density at radius 2 is 2.17 bits per heavy atom. The molecule has 24 heavy (non-hydrogen) atoms. The number of thiazole rings is 1. The molecule has 2 amide bonds. The predicted molar refractivity (Wildman–Crippen MR) is 91.0 cm³/mol. The fourth-order valence-electron chi connectivity index (χ4n) is 3.27. The summed E-state index contributed by atoms with van der Waals surface area (Å²) in [6.07, 6.45) is 2.19. The maximum Gasteiger partial charge on any atom is 0.271 e. The molecule has 2 saturated heterocycles. The quantitative estimate of drug-likeness (QED) is 0.832. The molecule has 132 valence electrons. The van der Waals surface area contributed by atoms with Crippen molar-refractivity contribution >= 4 is 23.2 Å². The van der Waals surface area contributed by atoms with Crippen molar-refractivity contribution in [3.05, 3.63) is 16.6 Å². The van der Waals surface area contributed by atoms with Crippen LogP contribution in [0.15, 0.2) is 10.9 Å². The number of carbonyl (C=O) groups excluding carboxylic acids is 2. The third kappa shape index (κ3) is 4.75. The third-order valence-corrected chi connectivity index (χ3v) is 5.14. The van der Waals surface area contributed by atoms with Crippen LogP contribution >= 0.6 is 11.3 Å². The molecule has 8 heteroatoms. The van der Waals surface area contributed by atoms with Gasteiger partial charge in [-0.25, -0.2) is 4.98 Å². The van der Waals surface area contributed by atoms with Crippen LogP contribution in [0.2, 0.25) is 0 Å². The highest BCUT2D eigenvalue weighted by atomic mass is 32.1. The second-order valence-corrected chi connectivity index (χ2v) is 7.04. The van der Waals surface area contributed by atoms with E-state index in [1.807, 2.05) is 4.90 Å². The van der Waals surface area contributed by atoms with Crippen molar-refractivity contribution < 1.29 is 14.3 Å². The number of likely N-dealkylation sites (tertiary alicyclic amines) is 1. The molecule has 1 N–H and O–H groups in total. The van der Waals surface area contributed by atoms with Gasteiger partial charge in [-0.2, -0.15) is 0 Å². The first-order valence-electron chi connectivity index (χ1n) is 8.46. The highest BCUT2D eigenvalue weighted by Crippen LogP contribution is 2.18. The Bertz CT molecular complexity index is 546. The van der Waals surface area contributed by atoms with Crippen LogP contribution in [0.5, 0.6) is 0 Å². The number of hydrogen-bond donors (Lipinski definition) is 1. The van der Waals surface area contributed by atoms with E-state index in [-0.39, 0.29) is 18.4 Å². The van der Waals surface area contributed by atoms with E-state index in [4.69, 9.17) is 4.74 Å². The minimum Gasteiger partial charge on any atom is -0.379 e. The van der Waals surface area contributed by atoms with Gasteiger partial charge in [0.1, 0.15) is 5.69 Å². The third-order valence-electron chi connectivity index (χ3n) is 4.56. The molecule has 1 aromatic rings. The van der Waals surface area contributed by atoms with Crippen molar-refractivity contribution in [2.45, 2.75) is 12.8 Å². The van der Waals surface area contributed by atoms with E-state index in [9.17, 15) is 9.59 Å². The molecule has 0 unspecified atom stereocenters. The average molecular weight is 352 g/mol. The maximum absolute atomic E-state index is 12.4. The van der Waals surface area contributed by atoms with Gasteiger partial charge in [0.2, 0.25) is 5.91 Å². The summed E-state index contributed by atoms with van der Waals surface area (Å²) in [4.78, 5) is 32.5. The average Bonchev–Trinajstić information content (AvgIpc) is 3.15. The molecule has 2 aliphatic rings. The Hall–Kier alpha value is -1.51. The van der Waals surface area contributed by atoms with Crippen LogP contribution in [-0.2, 0) is 9.53 Å². The number of nitrogens with one attached hydrogen (secondary N) is 1. The summed E-state index contributed by atoms with van der Waals surface area (Å²) in [7, 11) is 0. The number of ether oxygens (including phenoxy) is 1. The summed E-state index contributed by atoms with van der Waals surface area (Å²) in [5, 5.41) is 4.35. The smallest absolute Gasteiger partial charge is 0.271 e. The summed E-state index contributed by atoms with van der Waals surface area (Å²) in [5.74, 6) is 0.215. The summed E-state index contributed by atoms with van der Waals surface area (Å²) in [5.41, 5.74) is 1.98. The fourth-order valence-corrected chi connectivity index (χ4v) is 3.80. The number of nitrogens with zero attached hydrogens (tertiary/aromatic N) is 3. The lowest BCUT2D eigenvalue weighted by atomic mass is 9.97. The van der Waals surface area contributed by atoms with E-state index in [1.54, 1.807) is 10.9 Å². The van der Waals surface area contributed by atoms with Gasteiger partial charge in [0.05, 0.1) is 25.3 Å². The molecule has 3 rings (SSSR count). The normalized spacial score (nSPS) is 22.3. The zero-order valence-corrected chi connectivity index (χ0v) is 14.6. The Labute approximate surface area is 146 Å². The molecule has 0 bridgehead atoms. The van der Waals surface area contributed by atoms with E-state index in [1.165, 1.54) is 11.3 Å². The lowest BCUT2D eigenvalue weighted by Crippen LogP contribution is -2.48. The molecule has 2 aliphatic heterocycles. The number of aromatic nitrogens is 1. The molecule has 1 atom stereocenters. The predicted octanol–water partition coefficient (Wildman–Crippen LogP) is 0.444.